The molecule has 0 spiro atoms. The van der Waals surface area contributed by atoms with Crippen molar-refractivity contribution in [2.24, 2.45) is 0 Å². The summed E-state index contributed by atoms with van der Waals surface area (Å²) in [4.78, 5) is 18.8. The Hall–Kier alpha value is -2.54. The molecule has 0 radical (unpaired) electrons. The van der Waals surface area contributed by atoms with Crippen molar-refractivity contribution in [1.82, 2.24) is 30.1 Å². The molecule has 33 heavy (non-hydrogen) atoms. The summed E-state index contributed by atoms with van der Waals surface area (Å²) in [6, 6.07) is 6.83. The summed E-state index contributed by atoms with van der Waals surface area (Å²) in [5.41, 5.74) is 3.94. The highest BCUT2D eigenvalue weighted by molar-refractivity contribution is 5.80. The minimum atomic E-state index is -0.206. The van der Waals surface area contributed by atoms with E-state index in [2.05, 4.69) is 85.2 Å². The Morgan fingerprint density at radius 2 is 1.85 bits per heavy atom. The topological polar surface area (TPSA) is 79.7 Å². The van der Waals surface area contributed by atoms with E-state index >= 15 is 0 Å². The Kier molecular flexibility index (Phi) is 6.71. The average Bonchev–Trinajstić information content (AvgIpc) is 3.44. The van der Waals surface area contributed by atoms with E-state index in [1.54, 1.807) is 0 Å². The van der Waals surface area contributed by atoms with Gasteiger partial charge in [0, 0.05) is 23.7 Å². The van der Waals surface area contributed by atoms with Crippen LogP contribution in [0, 0.1) is 13.8 Å². The first-order chi connectivity index (χ1) is 15.7. The zero-order valence-electron chi connectivity index (χ0n) is 21.0. The van der Waals surface area contributed by atoms with Gasteiger partial charge in [-0.25, -0.2) is 4.68 Å². The number of fused-ring (bicyclic) bond motifs is 1. The molecule has 0 saturated heterocycles. The summed E-state index contributed by atoms with van der Waals surface area (Å²) in [6.45, 7) is 13.4. The van der Waals surface area contributed by atoms with Crippen LogP contribution in [0.4, 0.5) is 0 Å². The number of pyridine rings is 1. The van der Waals surface area contributed by atoms with Gasteiger partial charge in [-0.3, -0.25) is 9.69 Å². The van der Waals surface area contributed by atoms with Crippen LogP contribution in [0.25, 0.3) is 10.9 Å². The maximum absolute atomic E-state index is 13.1. The number of H-pyrrole nitrogens is 1. The van der Waals surface area contributed by atoms with E-state index in [4.69, 9.17) is 0 Å². The molecule has 3 aromatic rings. The summed E-state index contributed by atoms with van der Waals surface area (Å²) in [5, 5.41) is 14.0. The number of rotatable bonds is 7. The third-order valence-electron chi connectivity index (χ3n) is 7.07. The van der Waals surface area contributed by atoms with Crippen LogP contribution in [0.2, 0.25) is 0 Å². The van der Waals surface area contributed by atoms with Gasteiger partial charge in [0.05, 0.1) is 11.6 Å². The first kappa shape index (κ1) is 23.6. The lowest BCUT2D eigenvalue weighted by Gasteiger charge is -2.36. The van der Waals surface area contributed by atoms with Crippen LogP contribution in [0.5, 0.6) is 0 Å². The second-order valence-corrected chi connectivity index (χ2v) is 10.7. The maximum atomic E-state index is 13.1. The van der Waals surface area contributed by atoms with Gasteiger partial charge in [0.2, 0.25) is 0 Å². The molecule has 178 valence electrons. The van der Waals surface area contributed by atoms with Crippen LogP contribution < -0.4 is 5.56 Å². The molecule has 1 aliphatic carbocycles. The molecule has 1 atom stereocenters. The SMILES string of the molecule is CCC[C@H](c1nnnn1C(C)(C)C)N(Cc1cc2cc(C)c(C)cc2[nH]c1=O)C1CCCC1. The summed E-state index contributed by atoms with van der Waals surface area (Å²) in [6.07, 6.45) is 6.75. The fourth-order valence-corrected chi connectivity index (χ4v) is 5.16. The van der Waals surface area contributed by atoms with Gasteiger partial charge in [0.15, 0.2) is 5.82 Å². The predicted octanol–water partition coefficient (Wildman–Crippen LogP) is 5.17. The lowest BCUT2D eigenvalue weighted by atomic mass is 10.0. The third-order valence-corrected chi connectivity index (χ3v) is 7.07. The van der Waals surface area contributed by atoms with Crippen LogP contribution >= 0.6 is 0 Å². The van der Waals surface area contributed by atoms with Gasteiger partial charge in [-0.2, -0.15) is 0 Å². The number of tetrazole rings is 1. The highest BCUT2D eigenvalue weighted by atomic mass is 16.1. The molecule has 1 aromatic carbocycles. The zero-order chi connectivity index (χ0) is 23.8. The third kappa shape index (κ3) is 4.88. The number of hydrogen-bond acceptors (Lipinski definition) is 5. The lowest BCUT2D eigenvalue weighted by Crippen LogP contribution is -2.40. The van der Waals surface area contributed by atoms with Gasteiger partial charge in [-0.15, -0.1) is 5.10 Å². The maximum Gasteiger partial charge on any atom is 0.252 e. The van der Waals surface area contributed by atoms with Crippen LogP contribution in [-0.4, -0.2) is 36.1 Å². The molecule has 2 aromatic heterocycles. The van der Waals surface area contributed by atoms with E-state index in [0.29, 0.717) is 12.6 Å². The second-order valence-electron chi connectivity index (χ2n) is 10.7. The summed E-state index contributed by atoms with van der Waals surface area (Å²) in [7, 11) is 0. The van der Waals surface area contributed by atoms with E-state index < -0.39 is 0 Å². The molecule has 7 nitrogen and oxygen atoms in total. The predicted molar refractivity (Wildman–Crippen MR) is 132 cm³/mol. The Bertz CT molecular complexity index is 1170. The van der Waals surface area contributed by atoms with Crippen LogP contribution in [0.3, 0.4) is 0 Å². The number of aryl methyl sites for hydroxylation is 2. The standard InChI is InChI=1S/C26H38N6O/c1-7-10-23(24-28-29-30-32(24)26(4,5)6)31(21-11-8-9-12-21)16-20-15-19-13-17(2)18(3)14-22(19)27-25(20)33/h13-15,21,23H,7-12,16H2,1-6H3,(H,27,33)/t23-/m1/s1. The van der Waals surface area contributed by atoms with Crippen molar-refractivity contribution in [1.29, 1.82) is 0 Å². The zero-order valence-corrected chi connectivity index (χ0v) is 21.0. The van der Waals surface area contributed by atoms with Crippen molar-refractivity contribution in [3.05, 3.63) is 51.1 Å². The van der Waals surface area contributed by atoms with Gasteiger partial charge in [0.25, 0.3) is 5.56 Å². The van der Waals surface area contributed by atoms with Crippen LogP contribution in [0.15, 0.2) is 23.0 Å². The van der Waals surface area contributed by atoms with Gasteiger partial charge >= 0.3 is 0 Å². The van der Waals surface area contributed by atoms with Crippen molar-refractivity contribution < 1.29 is 0 Å². The Balaban J connectivity index is 1.78. The summed E-state index contributed by atoms with van der Waals surface area (Å²) >= 11 is 0. The molecule has 1 aliphatic rings. The van der Waals surface area contributed by atoms with Crippen molar-refractivity contribution in [3.63, 3.8) is 0 Å². The number of aromatic amines is 1. The molecular weight excluding hydrogens is 412 g/mol. The quantitative estimate of drug-likeness (QED) is 0.537. The number of benzene rings is 1. The van der Waals surface area contributed by atoms with E-state index in [9.17, 15) is 4.79 Å². The molecule has 7 heteroatoms. The van der Waals surface area contributed by atoms with Gasteiger partial charge < -0.3 is 4.98 Å². The monoisotopic (exact) mass is 450 g/mol. The first-order valence-electron chi connectivity index (χ1n) is 12.4. The normalized spacial score (nSPS) is 16.2. The number of nitrogens with one attached hydrogen (secondary N) is 1. The molecule has 1 saturated carbocycles. The molecule has 1 N–H and O–H groups in total. The molecule has 0 bridgehead atoms. The number of aromatic nitrogens is 5. The number of nitrogens with zero attached hydrogens (tertiary/aromatic N) is 5. The van der Waals surface area contributed by atoms with Crippen molar-refractivity contribution >= 4 is 10.9 Å². The Morgan fingerprint density at radius 3 is 2.52 bits per heavy atom. The van der Waals surface area contributed by atoms with E-state index in [0.717, 1.165) is 48.0 Å². The van der Waals surface area contributed by atoms with Crippen molar-refractivity contribution in [3.8, 4) is 0 Å². The Morgan fingerprint density at radius 1 is 1.15 bits per heavy atom. The molecule has 0 aliphatic heterocycles. The molecular formula is C26H38N6O. The van der Waals surface area contributed by atoms with E-state index in [1.165, 1.54) is 24.0 Å². The van der Waals surface area contributed by atoms with E-state index in [-0.39, 0.29) is 17.1 Å². The van der Waals surface area contributed by atoms with Crippen molar-refractivity contribution in [2.45, 2.75) is 104 Å². The highest BCUT2D eigenvalue weighted by Gasteiger charge is 2.35. The highest BCUT2D eigenvalue weighted by Crippen LogP contribution is 2.35. The lowest BCUT2D eigenvalue weighted by molar-refractivity contribution is 0.104. The molecule has 2 heterocycles. The fraction of sp³-hybridized carbons (Fsp3) is 0.615. The fourth-order valence-electron chi connectivity index (χ4n) is 5.16. The van der Waals surface area contributed by atoms with Crippen molar-refractivity contribution in [2.75, 3.05) is 0 Å². The van der Waals surface area contributed by atoms with Gasteiger partial charge in [0.1, 0.15) is 0 Å². The largest absolute Gasteiger partial charge is 0.322 e. The Labute approximate surface area is 196 Å². The molecule has 1 fully saturated rings. The summed E-state index contributed by atoms with van der Waals surface area (Å²) < 4.78 is 1.96. The first-order valence-corrected chi connectivity index (χ1v) is 12.4. The second kappa shape index (κ2) is 9.37. The molecule has 4 rings (SSSR count). The van der Waals surface area contributed by atoms with E-state index in [1.807, 2.05) is 4.68 Å². The van der Waals surface area contributed by atoms with Gasteiger partial charge in [-0.1, -0.05) is 26.2 Å². The summed E-state index contributed by atoms with van der Waals surface area (Å²) in [5.74, 6) is 0.903. The van der Waals surface area contributed by atoms with Crippen LogP contribution in [-0.2, 0) is 12.1 Å². The minimum absolute atomic E-state index is 0.000545. The number of hydrogen-bond donors (Lipinski definition) is 1. The van der Waals surface area contributed by atoms with Crippen LogP contribution in [0.1, 0.15) is 94.8 Å². The minimum Gasteiger partial charge on any atom is -0.322 e. The van der Waals surface area contributed by atoms with Gasteiger partial charge in [-0.05, 0) is 99.0 Å². The molecule has 0 unspecified atom stereocenters. The molecule has 0 amide bonds. The average molecular weight is 451 g/mol. The smallest absolute Gasteiger partial charge is 0.252 e.